The summed E-state index contributed by atoms with van der Waals surface area (Å²) in [6, 6.07) is 5.66. The highest BCUT2D eigenvalue weighted by atomic mass is 35.5. The molecule has 0 saturated carbocycles. The molecule has 7 heteroatoms. The van der Waals surface area contributed by atoms with Gasteiger partial charge in [0.1, 0.15) is 18.0 Å². The maximum Gasteiger partial charge on any atom is 0.134 e. The van der Waals surface area contributed by atoms with Gasteiger partial charge in [-0.05, 0) is 18.2 Å². The van der Waals surface area contributed by atoms with Crippen LogP contribution in [0, 0.1) is 0 Å². The fourth-order valence-corrected chi connectivity index (χ4v) is 2.61. The molecule has 0 fully saturated rings. The highest BCUT2D eigenvalue weighted by molar-refractivity contribution is 6.31. The average Bonchev–Trinajstić information content (AvgIpc) is 2.99. The van der Waals surface area contributed by atoms with Gasteiger partial charge in [0, 0.05) is 25.0 Å². The summed E-state index contributed by atoms with van der Waals surface area (Å²) in [7, 11) is 1.93. The van der Waals surface area contributed by atoms with Gasteiger partial charge < -0.3 is 9.13 Å². The number of aromatic nitrogens is 5. The van der Waals surface area contributed by atoms with Crippen LogP contribution in [0.4, 0.5) is 0 Å². The Labute approximate surface area is 126 Å². The predicted molar refractivity (Wildman–Crippen MR) is 79.0 cm³/mol. The van der Waals surface area contributed by atoms with Crippen molar-refractivity contribution in [1.82, 2.24) is 24.3 Å². The first kappa shape index (κ1) is 13.4. The summed E-state index contributed by atoms with van der Waals surface area (Å²) in [5, 5.41) is 8.66. The van der Waals surface area contributed by atoms with Gasteiger partial charge in [0.25, 0.3) is 0 Å². The molecule has 104 valence electrons. The van der Waals surface area contributed by atoms with Gasteiger partial charge in [-0.15, -0.1) is 21.8 Å². The molecule has 2 heterocycles. The Morgan fingerprint density at radius 1 is 1.25 bits per heavy atom. The van der Waals surface area contributed by atoms with Crippen LogP contribution in [0.2, 0.25) is 5.02 Å². The maximum atomic E-state index is 6.07. The van der Waals surface area contributed by atoms with E-state index in [4.69, 9.17) is 23.2 Å². The fourth-order valence-electron chi connectivity index (χ4n) is 2.24. The van der Waals surface area contributed by atoms with Crippen molar-refractivity contribution >= 4 is 34.2 Å². The van der Waals surface area contributed by atoms with Gasteiger partial charge in [-0.25, -0.2) is 4.98 Å². The zero-order valence-electron chi connectivity index (χ0n) is 10.9. The van der Waals surface area contributed by atoms with Crippen LogP contribution in [0.5, 0.6) is 0 Å². The number of alkyl halides is 1. The minimum absolute atomic E-state index is 0.366. The van der Waals surface area contributed by atoms with Gasteiger partial charge in [0.2, 0.25) is 0 Å². The van der Waals surface area contributed by atoms with Crippen molar-refractivity contribution in [2.24, 2.45) is 7.05 Å². The molecule has 0 N–H and O–H groups in total. The monoisotopic (exact) mass is 309 g/mol. The molecule has 5 nitrogen and oxygen atoms in total. The molecule has 0 radical (unpaired) electrons. The smallest absolute Gasteiger partial charge is 0.134 e. The first-order chi connectivity index (χ1) is 9.69. The topological polar surface area (TPSA) is 48.5 Å². The number of hydrogen-bond acceptors (Lipinski definition) is 3. The zero-order valence-corrected chi connectivity index (χ0v) is 12.4. The highest BCUT2D eigenvalue weighted by Crippen LogP contribution is 2.22. The Balaban J connectivity index is 1.97. The summed E-state index contributed by atoms with van der Waals surface area (Å²) >= 11 is 12.1. The summed E-state index contributed by atoms with van der Waals surface area (Å²) in [5.41, 5.74) is 1.90. The summed E-state index contributed by atoms with van der Waals surface area (Å²) < 4.78 is 4.00. The van der Waals surface area contributed by atoms with Crippen LogP contribution in [0.1, 0.15) is 11.6 Å². The van der Waals surface area contributed by atoms with Crippen LogP contribution in [-0.2, 0) is 25.9 Å². The molecule has 0 bridgehead atoms. The Morgan fingerprint density at radius 2 is 2.10 bits per heavy atom. The standard InChI is InChI=1S/C13H13Cl2N5/c1-19-8-16-18-12(19)4-5-20-11-6-9(15)2-3-10(11)17-13(20)7-14/h2-3,6,8H,4-5,7H2,1H3. The molecule has 20 heavy (non-hydrogen) atoms. The Morgan fingerprint density at radius 3 is 2.80 bits per heavy atom. The first-order valence-corrected chi connectivity index (χ1v) is 7.14. The second kappa shape index (κ2) is 5.42. The summed E-state index contributed by atoms with van der Waals surface area (Å²) in [4.78, 5) is 4.52. The number of benzene rings is 1. The van der Waals surface area contributed by atoms with Crippen molar-refractivity contribution in [2.45, 2.75) is 18.8 Å². The number of imidazole rings is 1. The number of rotatable bonds is 4. The number of halogens is 2. The third-order valence-electron chi connectivity index (χ3n) is 3.27. The SMILES string of the molecule is Cn1cnnc1CCn1c(CCl)nc2ccc(Cl)cc21. The van der Waals surface area contributed by atoms with E-state index in [0.29, 0.717) is 10.9 Å². The molecule has 0 saturated heterocycles. The van der Waals surface area contributed by atoms with Crippen molar-refractivity contribution in [3.63, 3.8) is 0 Å². The molecule has 0 aliphatic rings. The Hall–Kier alpha value is -1.59. The summed E-state index contributed by atoms with van der Waals surface area (Å²) in [6.07, 6.45) is 2.46. The number of hydrogen-bond donors (Lipinski definition) is 0. The molecule has 3 aromatic rings. The normalized spacial score (nSPS) is 11.3. The van der Waals surface area contributed by atoms with Crippen molar-refractivity contribution in [2.75, 3.05) is 0 Å². The van der Waals surface area contributed by atoms with E-state index >= 15 is 0 Å². The third-order valence-corrected chi connectivity index (χ3v) is 3.75. The van der Waals surface area contributed by atoms with Crippen LogP contribution in [0.3, 0.4) is 0 Å². The van der Waals surface area contributed by atoms with Crippen LogP contribution in [-0.4, -0.2) is 24.3 Å². The Kier molecular flexibility index (Phi) is 3.63. The van der Waals surface area contributed by atoms with Crippen molar-refractivity contribution < 1.29 is 0 Å². The summed E-state index contributed by atoms with van der Waals surface area (Å²) in [6.45, 7) is 0.741. The van der Waals surface area contributed by atoms with Crippen LogP contribution in [0.25, 0.3) is 11.0 Å². The quantitative estimate of drug-likeness (QED) is 0.696. The largest absolute Gasteiger partial charge is 0.326 e. The molecule has 0 aliphatic heterocycles. The minimum atomic E-state index is 0.366. The fraction of sp³-hybridized carbons (Fsp3) is 0.308. The van der Waals surface area contributed by atoms with E-state index in [1.54, 1.807) is 6.33 Å². The maximum absolute atomic E-state index is 6.07. The molecule has 0 spiro atoms. The third kappa shape index (κ3) is 2.39. The molecule has 0 unspecified atom stereocenters. The second-order valence-corrected chi connectivity index (χ2v) is 5.26. The van der Waals surface area contributed by atoms with E-state index in [2.05, 4.69) is 19.7 Å². The van der Waals surface area contributed by atoms with Gasteiger partial charge in [-0.1, -0.05) is 11.6 Å². The van der Waals surface area contributed by atoms with E-state index in [9.17, 15) is 0 Å². The molecule has 2 aromatic heterocycles. The van der Waals surface area contributed by atoms with Crippen molar-refractivity contribution in [3.05, 3.63) is 41.2 Å². The van der Waals surface area contributed by atoms with E-state index in [1.807, 2.05) is 29.8 Å². The minimum Gasteiger partial charge on any atom is -0.326 e. The lowest BCUT2D eigenvalue weighted by Gasteiger charge is -2.07. The Bertz CT molecular complexity index is 746. The molecule has 0 aliphatic carbocycles. The van der Waals surface area contributed by atoms with Gasteiger partial charge in [0.15, 0.2) is 0 Å². The molecular formula is C13H13Cl2N5. The van der Waals surface area contributed by atoms with E-state index < -0.39 is 0 Å². The van der Waals surface area contributed by atoms with Gasteiger partial charge in [-0.2, -0.15) is 0 Å². The number of nitrogens with zero attached hydrogens (tertiary/aromatic N) is 5. The van der Waals surface area contributed by atoms with Crippen molar-refractivity contribution in [1.29, 1.82) is 0 Å². The van der Waals surface area contributed by atoms with Crippen LogP contribution in [0.15, 0.2) is 24.5 Å². The van der Waals surface area contributed by atoms with Crippen LogP contribution < -0.4 is 0 Å². The van der Waals surface area contributed by atoms with E-state index in [0.717, 1.165) is 35.6 Å². The van der Waals surface area contributed by atoms with Gasteiger partial charge in [0.05, 0.1) is 16.9 Å². The molecule has 0 atom stereocenters. The molecule has 3 rings (SSSR count). The lowest BCUT2D eigenvalue weighted by molar-refractivity contribution is 0.645. The van der Waals surface area contributed by atoms with E-state index in [-0.39, 0.29) is 0 Å². The second-order valence-electron chi connectivity index (χ2n) is 4.55. The molecule has 1 aromatic carbocycles. The number of fused-ring (bicyclic) bond motifs is 1. The molecule has 0 amide bonds. The lowest BCUT2D eigenvalue weighted by atomic mass is 10.3. The summed E-state index contributed by atoms with van der Waals surface area (Å²) in [5.74, 6) is 2.13. The predicted octanol–water partition coefficient (Wildman–Crippen LogP) is 2.80. The van der Waals surface area contributed by atoms with Gasteiger partial charge in [-0.3, -0.25) is 0 Å². The average molecular weight is 310 g/mol. The van der Waals surface area contributed by atoms with Crippen LogP contribution >= 0.6 is 23.2 Å². The lowest BCUT2D eigenvalue weighted by Crippen LogP contribution is -2.08. The zero-order chi connectivity index (χ0) is 14.1. The van der Waals surface area contributed by atoms with Gasteiger partial charge >= 0.3 is 0 Å². The number of aryl methyl sites for hydroxylation is 3. The van der Waals surface area contributed by atoms with E-state index in [1.165, 1.54) is 0 Å². The highest BCUT2D eigenvalue weighted by Gasteiger charge is 2.11. The first-order valence-electron chi connectivity index (χ1n) is 6.22. The van der Waals surface area contributed by atoms with Crippen molar-refractivity contribution in [3.8, 4) is 0 Å². The molecular weight excluding hydrogens is 297 g/mol.